The van der Waals surface area contributed by atoms with Gasteiger partial charge in [-0.25, -0.2) is 4.98 Å². The van der Waals surface area contributed by atoms with Crippen LogP contribution in [0.5, 0.6) is 0 Å². The first kappa shape index (κ1) is 14.0. The Balaban J connectivity index is 2.01. The van der Waals surface area contributed by atoms with Gasteiger partial charge in [0.05, 0.1) is 12.0 Å². The molecule has 1 aliphatic carbocycles. The molecule has 0 atom stereocenters. The molecule has 0 bridgehead atoms. The maximum atomic E-state index is 9.41. The Morgan fingerprint density at radius 1 is 1.30 bits per heavy atom. The number of halogens is 1. The molecule has 0 amide bonds. The Bertz CT molecular complexity index is 583. The fraction of sp³-hybridized carbons (Fsp3) is 0.571. The van der Waals surface area contributed by atoms with Gasteiger partial charge in [0.2, 0.25) is 5.28 Å². The van der Waals surface area contributed by atoms with Crippen LogP contribution >= 0.6 is 22.9 Å². The number of nitrogens with zero attached hydrogens (tertiary/aromatic N) is 3. The average molecular weight is 312 g/mol. The van der Waals surface area contributed by atoms with Gasteiger partial charge in [0.25, 0.3) is 0 Å². The minimum absolute atomic E-state index is 0.129. The van der Waals surface area contributed by atoms with Gasteiger partial charge in [0.15, 0.2) is 0 Å². The van der Waals surface area contributed by atoms with E-state index in [9.17, 15) is 5.11 Å². The molecule has 20 heavy (non-hydrogen) atoms. The highest BCUT2D eigenvalue weighted by molar-refractivity contribution is 7.16. The monoisotopic (exact) mass is 311 g/mol. The summed E-state index contributed by atoms with van der Waals surface area (Å²) in [5, 5.41) is 12.7. The highest BCUT2D eigenvalue weighted by Crippen LogP contribution is 2.33. The quantitative estimate of drug-likeness (QED) is 0.878. The van der Waals surface area contributed by atoms with E-state index in [0.29, 0.717) is 12.6 Å². The summed E-state index contributed by atoms with van der Waals surface area (Å²) < 4.78 is 0. The molecule has 0 aliphatic heterocycles. The topological polar surface area (TPSA) is 49.2 Å². The number of aliphatic hydroxyl groups excluding tert-OH is 1. The second kappa shape index (κ2) is 6.24. The van der Waals surface area contributed by atoms with Gasteiger partial charge >= 0.3 is 0 Å². The number of fused-ring (bicyclic) bond motifs is 1. The maximum absolute atomic E-state index is 9.41. The Hall–Kier alpha value is -0.910. The molecule has 1 aliphatic rings. The van der Waals surface area contributed by atoms with Crippen molar-refractivity contribution in [3.63, 3.8) is 0 Å². The van der Waals surface area contributed by atoms with E-state index in [1.807, 2.05) is 11.4 Å². The Morgan fingerprint density at radius 3 is 2.85 bits per heavy atom. The first-order valence-corrected chi connectivity index (χ1v) is 8.33. The van der Waals surface area contributed by atoms with Crippen molar-refractivity contribution >= 4 is 39.0 Å². The molecular weight excluding hydrogens is 294 g/mol. The van der Waals surface area contributed by atoms with Crippen molar-refractivity contribution in [2.75, 3.05) is 18.1 Å². The van der Waals surface area contributed by atoms with Gasteiger partial charge < -0.3 is 10.0 Å². The molecule has 2 aromatic rings. The average Bonchev–Trinajstić information content (AvgIpc) is 2.93. The number of rotatable bonds is 4. The lowest BCUT2D eigenvalue weighted by molar-refractivity contribution is 0.289. The van der Waals surface area contributed by atoms with E-state index in [0.717, 1.165) is 28.9 Å². The van der Waals surface area contributed by atoms with Gasteiger partial charge in [0.1, 0.15) is 10.6 Å². The SMILES string of the molecule is OCCN(c1nc(Cl)nc2sccc12)C1CCCCC1. The van der Waals surface area contributed by atoms with Crippen LogP contribution in [0.4, 0.5) is 5.82 Å². The fourth-order valence-corrected chi connectivity index (χ4v) is 3.97. The minimum Gasteiger partial charge on any atom is -0.395 e. The second-order valence-electron chi connectivity index (χ2n) is 5.16. The first-order chi connectivity index (χ1) is 9.79. The zero-order valence-electron chi connectivity index (χ0n) is 11.3. The standard InChI is InChI=1S/C14H18ClN3OS/c15-14-16-12(11-6-9-20-13(11)17-14)18(7-8-19)10-4-2-1-3-5-10/h6,9-10,19H,1-5,7-8H2. The predicted molar refractivity (Wildman–Crippen MR) is 83.7 cm³/mol. The van der Waals surface area contributed by atoms with Crippen molar-refractivity contribution in [2.24, 2.45) is 0 Å². The van der Waals surface area contributed by atoms with Crippen molar-refractivity contribution in [3.8, 4) is 0 Å². The lowest BCUT2D eigenvalue weighted by Gasteiger charge is -2.35. The summed E-state index contributed by atoms with van der Waals surface area (Å²) >= 11 is 7.63. The van der Waals surface area contributed by atoms with Crippen molar-refractivity contribution in [2.45, 2.75) is 38.1 Å². The van der Waals surface area contributed by atoms with Crippen molar-refractivity contribution in [1.82, 2.24) is 9.97 Å². The van der Waals surface area contributed by atoms with E-state index in [1.54, 1.807) is 11.3 Å². The molecule has 1 saturated carbocycles. The van der Waals surface area contributed by atoms with Crippen LogP contribution in [0.3, 0.4) is 0 Å². The van der Waals surface area contributed by atoms with E-state index in [2.05, 4.69) is 14.9 Å². The maximum Gasteiger partial charge on any atom is 0.225 e. The molecule has 0 aromatic carbocycles. The number of aromatic nitrogens is 2. The number of hydrogen-bond acceptors (Lipinski definition) is 5. The number of anilines is 1. The molecule has 1 fully saturated rings. The normalized spacial score (nSPS) is 16.7. The van der Waals surface area contributed by atoms with E-state index >= 15 is 0 Å². The Labute approximate surface area is 127 Å². The van der Waals surface area contributed by atoms with Gasteiger partial charge in [-0.2, -0.15) is 4.98 Å². The van der Waals surface area contributed by atoms with E-state index in [1.165, 1.54) is 19.3 Å². The molecule has 6 heteroatoms. The lowest BCUT2D eigenvalue weighted by atomic mass is 9.94. The van der Waals surface area contributed by atoms with Gasteiger partial charge in [0, 0.05) is 12.6 Å². The van der Waals surface area contributed by atoms with Gasteiger partial charge in [-0.05, 0) is 35.9 Å². The molecule has 0 radical (unpaired) electrons. The number of aliphatic hydroxyl groups is 1. The van der Waals surface area contributed by atoms with Crippen molar-refractivity contribution < 1.29 is 5.11 Å². The van der Waals surface area contributed by atoms with Crippen molar-refractivity contribution in [1.29, 1.82) is 0 Å². The smallest absolute Gasteiger partial charge is 0.225 e. The number of thiophene rings is 1. The Morgan fingerprint density at radius 2 is 2.10 bits per heavy atom. The van der Waals surface area contributed by atoms with Crippen LogP contribution in [-0.2, 0) is 0 Å². The third-order valence-electron chi connectivity index (χ3n) is 3.91. The molecule has 108 valence electrons. The van der Waals surface area contributed by atoms with Crippen LogP contribution < -0.4 is 4.90 Å². The molecule has 3 rings (SSSR count). The highest BCUT2D eigenvalue weighted by Gasteiger charge is 2.24. The molecular formula is C14H18ClN3OS. The third kappa shape index (κ3) is 2.75. The number of hydrogen-bond donors (Lipinski definition) is 1. The predicted octanol–water partition coefficient (Wildman–Crippen LogP) is 3.48. The van der Waals surface area contributed by atoms with Crippen molar-refractivity contribution in [3.05, 3.63) is 16.7 Å². The zero-order valence-corrected chi connectivity index (χ0v) is 12.8. The fourth-order valence-electron chi connectivity index (χ4n) is 3.00. The zero-order chi connectivity index (χ0) is 13.9. The van der Waals surface area contributed by atoms with Gasteiger partial charge in [-0.1, -0.05) is 19.3 Å². The van der Waals surface area contributed by atoms with Crippen LogP contribution in [0.1, 0.15) is 32.1 Å². The molecule has 1 N–H and O–H groups in total. The van der Waals surface area contributed by atoms with Crippen LogP contribution in [0.2, 0.25) is 5.28 Å². The van der Waals surface area contributed by atoms with Gasteiger partial charge in [-0.3, -0.25) is 0 Å². The first-order valence-electron chi connectivity index (χ1n) is 7.08. The summed E-state index contributed by atoms with van der Waals surface area (Å²) in [7, 11) is 0. The second-order valence-corrected chi connectivity index (χ2v) is 6.40. The van der Waals surface area contributed by atoms with E-state index in [4.69, 9.17) is 11.6 Å². The summed E-state index contributed by atoms with van der Waals surface area (Å²) in [4.78, 5) is 11.9. The summed E-state index contributed by atoms with van der Waals surface area (Å²) in [6.45, 7) is 0.729. The third-order valence-corrected chi connectivity index (χ3v) is 4.88. The molecule has 2 aromatic heterocycles. The summed E-state index contributed by atoms with van der Waals surface area (Å²) in [6, 6.07) is 2.49. The summed E-state index contributed by atoms with van der Waals surface area (Å²) in [6.07, 6.45) is 6.12. The highest BCUT2D eigenvalue weighted by atomic mass is 35.5. The molecule has 0 saturated heterocycles. The van der Waals surface area contributed by atoms with Crippen LogP contribution in [0.15, 0.2) is 11.4 Å². The lowest BCUT2D eigenvalue weighted by Crippen LogP contribution is -2.39. The van der Waals surface area contributed by atoms with E-state index in [-0.39, 0.29) is 11.9 Å². The summed E-state index contributed by atoms with van der Waals surface area (Å²) in [5.74, 6) is 0.877. The largest absolute Gasteiger partial charge is 0.395 e. The van der Waals surface area contributed by atoms with Crippen LogP contribution in [0.25, 0.3) is 10.2 Å². The van der Waals surface area contributed by atoms with E-state index < -0.39 is 0 Å². The van der Waals surface area contributed by atoms with Crippen LogP contribution in [-0.4, -0.2) is 34.3 Å². The molecule has 2 heterocycles. The Kier molecular flexibility index (Phi) is 4.38. The van der Waals surface area contributed by atoms with Gasteiger partial charge in [-0.15, -0.1) is 11.3 Å². The van der Waals surface area contributed by atoms with Crippen LogP contribution in [0, 0.1) is 0 Å². The molecule has 0 spiro atoms. The minimum atomic E-state index is 0.129. The summed E-state index contributed by atoms with van der Waals surface area (Å²) in [5.41, 5.74) is 0. The molecule has 4 nitrogen and oxygen atoms in total. The molecule has 0 unspecified atom stereocenters.